The number of carboxylic acid groups (broad SMARTS) is 1. The van der Waals surface area contributed by atoms with E-state index in [0.717, 1.165) is 50.5 Å². The molecule has 0 unspecified atom stereocenters. The Morgan fingerprint density at radius 2 is 1.78 bits per heavy atom. The van der Waals surface area contributed by atoms with Gasteiger partial charge in [-0.15, -0.1) is 0 Å². The van der Waals surface area contributed by atoms with Gasteiger partial charge in [-0.05, 0) is 37.0 Å². The minimum Gasteiger partial charge on any atom is -0.491 e. The highest BCUT2D eigenvalue weighted by atomic mass is 16.5. The number of ether oxygens (including phenoxy) is 1. The quantitative estimate of drug-likeness (QED) is 0.504. The topological polar surface area (TPSA) is 75.6 Å². The van der Waals surface area contributed by atoms with Gasteiger partial charge in [-0.1, -0.05) is 45.6 Å². The number of nitrogens with one attached hydrogen (secondary N) is 1. The molecule has 5 nitrogen and oxygen atoms in total. The molecular formula is C18H27NO4. The lowest BCUT2D eigenvalue weighted by Gasteiger charge is -2.13. The third-order valence-electron chi connectivity index (χ3n) is 3.56. The second-order valence-corrected chi connectivity index (χ2v) is 5.60. The molecule has 0 heterocycles. The fraction of sp³-hybridized carbons (Fsp3) is 0.556. The van der Waals surface area contributed by atoms with E-state index in [4.69, 9.17) is 9.84 Å². The van der Waals surface area contributed by atoms with Crippen molar-refractivity contribution in [2.24, 2.45) is 0 Å². The van der Waals surface area contributed by atoms with E-state index in [1.165, 1.54) is 0 Å². The fourth-order valence-corrected chi connectivity index (χ4v) is 2.25. The molecular weight excluding hydrogens is 294 g/mol. The molecule has 5 heteroatoms. The Hall–Kier alpha value is -2.04. The van der Waals surface area contributed by atoms with Crippen LogP contribution in [0.25, 0.3) is 0 Å². The molecule has 0 spiro atoms. The van der Waals surface area contributed by atoms with Gasteiger partial charge >= 0.3 is 11.9 Å². The van der Waals surface area contributed by atoms with E-state index in [1.807, 2.05) is 18.2 Å². The number of amides is 1. The molecule has 1 aromatic carbocycles. The van der Waals surface area contributed by atoms with Crippen LogP contribution in [-0.4, -0.2) is 23.6 Å². The molecule has 1 amide bonds. The molecule has 0 atom stereocenters. The maximum atomic E-state index is 11.4. The van der Waals surface area contributed by atoms with E-state index in [1.54, 1.807) is 0 Å². The number of carboxylic acids is 1. The zero-order chi connectivity index (χ0) is 17.1. The first-order valence-corrected chi connectivity index (χ1v) is 8.38. The van der Waals surface area contributed by atoms with Crippen molar-refractivity contribution in [3.63, 3.8) is 0 Å². The van der Waals surface area contributed by atoms with Crippen molar-refractivity contribution >= 4 is 17.6 Å². The summed E-state index contributed by atoms with van der Waals surface area (Å²) in [6.45, 7) is 4.81. The smallest absolute Gasteiger partial charge is 0.394 e. The number of hydrogen-bond donors (Lipinski definition) is 2. The molecule has 0 aromatic heterocycles. The van der Waals surface area contributed by atoms with Gasteiger partial charge in [0.25, 0.3) is 0 Å². The SMILES string of the molecule is CCCCCOc1ccc(CCCCC)cc1NC(=O)C(=O)O. The predicted molar refractivity (Wildman–Crippen MR) is 91.0 cm³/mol. The lowest BCUT2D eigenvalue weighted by Crippen LogP contribution is -2.22. The summed E-state index contributed by atoms with van der Waals surface area (Å²) in [5.74, 6) is -2.03. The second-order valence-electron chi connectivity index (χ2n) is 5.60. The minimum absolute atomic E-state index is 0.433. The maximum absolute atomic E-state index is 11.4. The Morgan fingerprint density at radius 3 is 2.43 bits per heavy atom. The van der Waals surface area contributed by atoms with Crippen LogP contribution < -0.4 is 10.1 Å². The first-order chi connectivity index (χ1) is 11.1. The van der Waals surface area contributed by atoms with Gasteiger partial charge in [0.1, 0.15) is 5.75 Å². The van der Waals surface area contributed by atoms with Gasteiger partial charge in [0, 0.05) is 0 Å². The Kier molecular flexibility index (Phi) is 8.80. The highest BCUT2D eigenvalue weighted by Crippen LogP contribution is 2.27. The van der Waals surface area contributed by atoms with E-state index in [0.29, 0.717) is 18.0 Å². The van der Waals surface area contributed by atoms with Crippen LogP contribution in [0.5, 0.6) is 5.75 Å². The average Bonchev–Trinajstić information content (AvgIpc) is 2.53. The van der Waals surface area contributed by atoms with Crippen molar-refractivity contribution in [1.82, 2.24) is 0 Å². The van der Waals surface area contributed by atoms with E-state index < -0.39 is 11.9 Å². The summed E-state index contributed by atoms with van der Waals surface area (Å²) in [4.78, 5) is 22.2. The van der Waals surface area contributed by atoms with Crippen LogP contribution in [0.1, 0.15) is 57.9 Å². The highest BCUT2D eigenvalue weighted by Gasteiger charge is 2.15. The summed E-state index contributed by atoms with van der Waals surface area (Å²) in [6, 6.07) is 5.59. The van der Waals surface area contributed by atoms with Crippen LogP contribution in [0.15, 0.2) is 18.2 Å². The Balaban J connectivity index is 2.80. The van der Waals surface area contributed by atoms with Crippen molar-refractivity contribution in [1.29, 1.82) is 0 Å². The highest BCUT2D eigenvalue weighted by molar-refractivity contribution is 6.36. The van der Waals surface area contributed by atoms with Crippen LogP contribution >= 0.6 is 0 Å². The van der Waals surface area contributed by atoms with E-state index in [2.05, 4.69) is 19.2 Å². The molecule has 1 rings (SSSR count). The van der Waals surface area contributed by atoms with Crippen LogP contribution in [0, 0.1) is 0 Å². The molecule has 0 aliphatic heterocycles. The van der Waals surface area contributed by atoms with E-state index in [9.17, 15) is 9.59 Å². The first-order valence-electron chi connectivity index (χ1n) is 8.38. The first kappa shape index (κ1) is 19.0. The van der Waals surface area contributed by atoms with Crippen molar-refractivity contribution in [2.75, 3.05) is 11.9 Å². The van der Waals surface area contributed by atoms with Gasteiger partial charge in [-0.3, -0.25) is 4.79 Å². The van der Waals surface area contributed by atoms with Crippen LogP contribution in [-0.2, 0) is 16.0 Å². The number of unbranched alkanes of at least 4 members (excludes halogenated alkanes) is 4. The third kappa shape index (κ3) is 7.17. The summed E-state index contributed by atoms with van der Waals surface area (Å²) in [7, 11) is 0. The normalized spacial score (nSPS) is 10.3. The standard InChI is InChI=1S/C18H27NO4/c1-3-5-7-9-14-10-11-16(23-12-8-6-4-2)15(13-14)19-17(20)18(21)22/h10-11,13H,3-9,12H2,1-2H3,(H,19,20)(H,21,22). The lowest BCUT2D eigenvalue weighted by molar-refractivity contribution is -0.147. The van der Waals surface area contributed by atoms with Gasteiger partial charge in [0.2, 0.25) is 0 Å². The van der Waals surface area contributed by atoms with Crippen molar-refractivity contribution < 1.29 is 19.4 Å². The largest absolute Gasteiger partial charge is 0.491 e. The maximum Gasteiger partial charge on any atom is 0.394 e. The van der Waals surface area contributed by atoms with Crippen LogP contribution in [0.4, 0.5) is 5.69 Å². The summed E-state index contributed by atoms with van der Waals surface area (Å²) in [5, 5.41) is 11.2. The average molecular weight is 321 g/mol. The van der Waals surface area contributed by atoms with Gasteiger partial charge < -0.3 is 15.2 Å². The van der Waals surface area contributed by atoms with Gasteiger partial charge in [-0.2, -0.15) is 0 Å². The second kappa shape index (κ2) is 10.6. The van der Waals surface area contributed by atoms with Crippen LogP contribution in [0.2, 0.25) is 0 Å². The molecule has 23 heavy (non-hydrogen) atoms. The molecule has 0 saturated heterocycles. The van der Waals surface area contributed by atoms with E-state index >= 15 is 0 Å². The Labute approximate surface area is 138 Å². The lowest BCUT2D eigenvalue weighted by atomic mass is 10.1. The molecule has 0 aliphatic rings. The molecule has 0 radical (unpaired) electrons. The summed E-state index contributed by atoms with van der Waals surface area (Å²) >= 11 is 0. The number of aryl methyl sites for hydroxylation is 1. The van der Waals surface area contributed by atoms with Crippen molar-refractivity contribution in [2.45, 2.75) is 58.8 Å². The van der Waals surface area contributed by atoms with Crippen molar-refractivity contribution in [3.05, 3.63) is 23.8 Å². The number of carbonyl (C=O) groups excluding carboxylic acids is 1. The van der Waals surface area contributed by atoms with Gasteiger partial charge in [-0.25, -0.2) is 4.79 Å². The fourth-order valence-electron chi connectivity index (χ4n) is 2.25. The molecule has 2 N–H and O–H groups in total. The van der Waals surface area contributed by atoms with E-state index in [-0.39, 0.29) is 0 Å². The summed E-state index contributed by atoms with van der Waals surface area (Å²) < 4.78 is 5.69. The minimum atomic E-state index is -1.50. The zero-order valence-corrected chi connectivity index (χ0v) is 14.1. The molecule has 1 aromatic rings. The number of hydrogen-bond acceptors (Lipinski definition) is 3. The molecule has 128 valence electrons. The summed E-state index contributed by atoms with van der Waals surface area (Å²) in [5.41, 5.74) is 1.50. The molecule has 0 fully saturated rings. The van der Waals surface area contributed by atoms with Gasteiger partial charge in [0.15, 0.2) is 0 Å². The molecule has 0 saturated carbocycles. The molecule has 0 bridgehead atoms. The number of benzene rings is 1. The summed E-state index contributed by atoms with van der Waals surface area (Å²) in [6.07, 6.45) is 7.36. The van der Waals surface area contributed by atoms with Gasteiger partial charge in [0.05, 0.1) is 12.3 Å². The van der Waals surface area contributed by atoms with Crippen molar-refractivity contribution in [3.8, 4) is 5.75 Å². The Bertz CT molecular complexity index is 514. The monoisotopic (exact) mass is 321 g/mol. The number of aliphatic carboxylic acids is 1. The predicted octanol–water partition coefficient (Wildman–Crippen LogP) is 4.01. The zero-order valence-electron chi connectivity index (χ0n) is 14.1. The molecule has 0 aliphatic carbocycles. The number of carbonyl (C=O) groups is 2. The third-order valence-corrected chi connectivity index (χ3v) is 3.56. The number of anilines is 1. The Morgan fingerprint density at radius 1 is 1.09 bits per heavy atom. The number of rotatable bonds is 10. The van der Waals surface area contributed by atoms with Crippen LogP contribution in [0.3, 0.4) is 0 Å².